The summed E-state index contributed by atoms with van der Waals surface area (Å²) in [6, 6.07) is 4.01. The molecule has 110 valence electrons. The highest BCUT2D eigenvalue weighted by atomic mass is 19.1. The molecular weight excluding hydrogens is 277 g/mol. The van der Waals surface area contributed by atoms with Crippen molar-refractivity contribution >= 4 is 11.9 Å². The number of hydrogen-bond acceptors (Lipinski definition) is 3. The second kappa shape index (κ2) is 5.74. The highest BCUT2D eigenvalue weighted by Gasteiger charge is 2.23. The van der Waals surface area contributed by atoms with Gasteiger partial charge in [-0.2, -0.15) is 5.10 Å². The largest absolute Gasteiger partial charge is 0.478 e. The summed E-state index contributed by atoms with van der Waals surface area (Å²) in [5.74, 6) is -2.61. The van der Waals surface area contributed by atoms with Crippen LogP contribution in [0.25, 0.3) is 5.69 Å². The van der Waals surface area contributed by atoms with Crippen LogP contribution in [0.3, 0.4) is 0 Å². The van der Waals surface area contributed by atoms with Crippen LogP contribution in [0, 0.1) is 5.82 Å². The number of hydrogen-bond donors (Lipinski definition) is 2. The van der Waals surface area contributed by atoms with Crippen molar-refractivity contribution in [1.29, 1.82) is 0 Å². The molecule has 0 fully saturated rings. The minimum atomic E-state index is -1.30. The van der Waals surface area contributed by atoms with Crippen molar-refractivity contribution in [2.45, 2.75) is 19.8 Å². The summed E-state index contributed by atoms with van der Waals surface area (Å²) in [5, 5.41) is 13.0. The molecule has 0 saturated carbocycles. The number of aryl methyl sites for hydroxylation is 1. The Morgan fingerprint density at radius 2 is 2.14 bits per heavy atom. The van der Waals surface area contributed by atoms with Crippen LogP contribution in [0.15, 0.2) is 24.4 Å². The highest BCUT2D eigenvalue weighted by Crippen LogP contribution is 2.21. The molecule has 0 spiro atoms. The molecule has 1 aromatic heterocycles. The molecule has 7 heteroatoms. The predicted octanol–water partition coefficient (Wildman–Crippen LogP) is 1.76. The van der Waals surface area contributed by atoms with E-state index < -0.39 is 17.7 Å². The van der Waals surface area contributed by atoms with Gasteiger partial charge in [-0.1, -0.05) is 13.3 Å². The van der Waals surface area contributed by atoms with E-state index in [1.54, 1.807) is 0 Å². The molecule has 0 saturated heterocycles. The van der Waals surface area contributed by atoms with E-state index in [1.807, 2.05) is 6.92 Å². The fourth-order valence-electron chi connectivity index (χ4n) is 2.15. The topological polar surface area (TPSA) is 98.2 Å². The number of carboxylic acid groups (broad SMARTS) is 1. The smallest absolute Gasteiger partial charge is 0.339 e. The Balaban J connectivity index is 2.67. The van der Waals surface area contributed by atoms with E-state index >= 15 is 0 Å². The molecule has 2 rings (SSSR count). The summed E-state index contributed by atoms with van der Waals surface area (Å²) >= 11 is 0. The van der Waals surface area contributed by atoms with Gasteiger partial charge in [0, 0.05) is 0 Å². The third kappa shape index (κ3) is 2.76. The van der Waals surface area contributed by atoms with Crippen LogP contribution in [0.4, 0.5) is 4.39 Å². The lowest BCUT2D eigenvalue weighted by molar-refractivity contribution is 0.0692. The number of carboxylic acids is 1. The zero-order valence-electron chi connectivity index (χ0n) is 11.3. The van der Waals surface area contributed by atoms with Crippen LogP contribution in [0.2, 0.25) is 0 Å². The van der Waals surface area contributed by atoms with Crippen LogP contribution < -0.4 is 5.73 Å². The van der Waals surface area contributed by atoms with Crippen LogP contribution in [-0.4, -0.2) is 26.8 Å². The fraction of sp³-hybridized carbons (Fsp3) is 0.214. The zero-order valence-corrected chi connectivity index (χ0v) is 11.3. The third-order valence-electron chi connectivity index (χ3n) is 3.02. The van der Waals surface area contributed by atoms with Crippen molar-refractivity contribution in [3.8, 4) is 5.69 Å². The van der Waals surface area contributed by atoms with E-state index in [0.29, 0.717) is 17.7 Å². The molecular formula is C14H14FN3O3. The molecule has 0 radical (unpaired) electrons. The number of rotatable bonds is 5. The summed E-state index contributed by atoms with van der Waals surface area (Å²) < 4.78 is 14.5. The molecule has 1 amide bonds. The van der Waals surface area contributed by atoms with Gasteiger partial charge in [-0.3, -0.25) is 4.79 Å². The summed E-state index contributed by atoms with van der Waals surface area (Å²) in [6.07, 6.45) is 2.38. The molecule has 0 aliphatic carbocycles. The minimum absolute atomic E-state index is 0.230. The van der Waals surface area contributed by atoms with Gasteiger partial charge in [-0.05, 0) is 30.2 Å². The molecule has 21 heavy (non-hydrogen) atoms. The molecule has 0 aliphatic heterocycles. The maximum Gasteiger partial charge on any atom is 0.339 e. The number of carbonyl (C=O) groups is 2. The number of amides is 1. The van der Waals surface area contributed by atoms with Gasteiger partial charge in [0.25, 0.3) is 5.91 Å². The monoisotopic (exact) mass is 291 g/mol. The normalized spacial score (nSPS) is 10.6. The van der Waals surface area contributed by atoms with Gasteiger partial charge in [0.2, 0.25) is 0 Å². The number of aromatic nitrogens is 2. The zero-order chi connectivity index (χ0) is 15.6. The third-order valence-corrected chi connectivity index (χ3v) is 3.02. The van der Waals surface area contributed by atoms with E-state index in [4.69, 9.17) is 10.8 Å². The van der Waals surface area contributed by atoms with Crippen molar-refractivity contribution in [3.05, 3.63) is 47.0 Å². The Bertz CT molecular complexity index is 709. The second-order valence-electron chi connectivity index (χ2n) is 4.51. The van der Waals surface area contributed by atoms with Crippen molar-refractivity contribution < 1.29 is 19.1 Å². The first kappa shape index (κ1) is 14.7. The van der Waals surface area contributed by atoms with Crippen LogP contribution >= 0.6 is 0 Å². The average Bonchev–Trinajstić information content (AvgIpc) is 2.84. The number of carbonyl (C=O) groups excluding carboxylic acids is 1. The Labute approximate surface area is 120 Å². The van der Waals surface area contributed by atoms with Crippen LogP contribution in [0.5, 0.6) is 0 Å². The lowest BCUT2D eigenvalue weighted by Gasteiger charge is -2.11. The summed E-state index contributed by atoms with van der Waals surface area (Å²) in [7, 11) is 0. The average molecular weight is 291 g/mol. The van der Waals surface area contributed by atoms with Crippen molar-refractivity contribution in [2.75, 3.05) is 0 Å². The van der Waals surface area contributed by atoms with E-state index in [2.05, 4.69) is 5.10 Å². The fourth-order valence-corrected chi connectivity index (χ4v) is 2.15. The summed E-state index contributed by atoms with van der Waals surface area (Å²) in [4.78, 5) is 22.7. The molecule has 0 unspecified atom stereocenters. The number of primary amides is 1. The van der Waals surface area contributed by atoms with Gasteiger partial charge in [-0.15, -0.1) is 0 Å². The Morgan fingerprint density at radius 1 is 1.43 bits per heavy atom. The number of aromatic carboxylic acids is 1. The van der Waals surface area contributed by atoms with E-state index in [1.165, 1.54) is 18.2 Å². The van der Waals surface area contributed by atoms with Gasteiger partial charge >= 0.3 is 5.97 Å². The van der Waals surface area contributed by atoms with Gasteiger partial charge in [0.15, 0.2) is 0 Å². The summed E-state index contributed by atoms with van der Waals surface area (Å²) in [5.41, 5.74) is 5.81. The lowest BCUT2D eigenvalue weighted by atomic mass is 10.1. The number of halogens is 1. The minimum Gasteiger partial charge on any atom is -0.478 e. The van der Waals surface area contributed by atoms with Crippen molar-refractivity contribution in [2.24, 2.45) is 5.73 Å². The first-order valence-corrected chi connectivity index (χ1v) is 6.35. The van der Waals surface area contributed by atoms with E-state index in [0.717, 1.165) is 17.3 Å². The molecule has 1 heterocycles. The summed E-state index contributed by atoms with van der Waals surface area (Å²) in [6.45, 7) is 1.93. The van der Waals surface area contributed by atoms with Gasteiger partial charge in [0.05, 0.1) is 11.9 Å². The quantitative estimate of drug-likeness (QED) is 0.877. The molecule has 0 bridgehead atoms. The maximum atomic E-state index is 13.4. The standard InChI is InChI=1S/C14H14FN3O3/c1-2-3-8-6-9(15)4-5-11(8)18-12(13(16)19)10(7-17-18)14(20)21/h4-7H,2-3H2,1H3,(H2,16,19)(H,20,21). The molecule has 0 aliphatic rings. The second-order valence-corrected chi connectivity index (χ2v) is 4.51. The first-order chi connectivity index (χ1) is 9.95. The lowest BCUT2D eigenvalue weighted by Crippen LogP contribution is -2.20. The number of nitrogens with two attached hydrogens (primary N) is 1. The van der Waals surface area contributed by atoms with Gasteiger partial charge in [-0.25, -0.2) is 13.9 Å². The highest BCUT2D eigenvalue weighted by molar-refractivity contribution is 6.03. The molecule has 6 nitrogen and oxygen atoms in total. The maximum absolute atomic E-state index is 13.4. The van der Waals surface area contributed by atoms with Gasteiger partial charge < -0.3 is 10.8 Å². The van der Waals surface area contributed by atoms with E-state index in [9.17, 15) is 14.0 Å². The van der Waals surface area contributed by atoms with Crippen molar-refractivity contribution in [3.63, 3.8) is 0 Å². The van der Waals surface area contributed by atoms with Crippen LogP contribution in [0.1, 0.15) is 39.8 Å². The molecule has 0 atom stereocenters. The number of benzene rings is 1. The first-order valence-electron chi connectivity index (χ1n) is 6.35. The molecule has 1 aromatic carbocycles. The SMILES string of the molecule is CCCc1cc(F)ccc1-n1ncc(C(=O)O)c1C(N)=O. The van der Waals surface area contributed by atoms with Crippen molar-refractivity contribution in [1.82, 2.24) is 9.78 Å². The Morgan fingerprint density at radius 3 is 2.71 bits per heavy atom. The van der Waals surface area contributed by atoms with Crippen LogP contribution in [-0.2, 0) is 6.42 Å². The Hall–Kier alpha value is -2.70. The molecule has 3 N–H and O–H groups in total. The molecule has 2 aromatic rings. The van der Waals surface area contributed by atoms with E-state index in [-0.39, 0.29) is 11.3 Å². The number of nitrogens with zero attached hydrogens (tertiary/aromatic N) is 2. The van der Waals surface area contributed by atoms with Gasteiger partial charge in [0.1, 0.15) is 17.1 Å². The predicted molar refractivity (Wildman–Crippen MR) is 73.0 cm³/mol. The Kier molecular flexibility index (Phi) is 4.02.